The Morgan fingerprint density at radius 2 is 1.85 bits per heavy atom. The van der Waals surface area contributed by atoms with Crippen LogP contribution in [0.25, 0.3) is 16.9 Å². The molecule has 1 aromatic carbocycles. The lowest BCUT2D eigenvalue weighted by Gasteiger charge is -2.28. The molecule has 136 valence electrons. The van der Waals surface area contributed by atoms with Crippen LogP contribution in [0.5, 0.6) is 0 Å². The van der Waals surface area contributed by atoms with Crippen LogP contribution < -0.4 is 5.32 Å². The first-order chi connectivity index (χ1) is 12.3. The summed E-state index contributed by atoms with van der Waals surface area (Å²) in [5.41, 5.74) is 3.44. The lowest BCUT2D eigenvalue weighted by Crippen LogP contribution is -2.40. The van der Waals surface area contributed by atoms with Crippen molar-refractivity contribution >= 4 is 11.6 Å². The van der Waals surface area contributed by atoms with Gasteiger partial charge in [-0.05, 0) is 31.6 Å². The van der Waals surface area contributed by atoms with Crippen LogP contribution in [-0.2, 0) is 0 Å². The Balaban J connectivity index is 1.75. The molecule has 2 aromatic heterocycles. The van der Waals surface area contributed by atoms with E-state index in [2.05, 4.69) is 29.0 Å². The number of imidazole rings is 1. The molecule has 1 N–H and O–H groups in total. The van der Waals surface area contributed by atoms with Crippen molar-refractivity contribution < 1.29 is 4.79 Å². The quantitative estimate of drug-likeness (QED) is 0.742. The van der Waals surface area contributed by atoms with Gasteiger partial charge in [0.25, 0.3) is 5.91 Å². The monoisotopic (exact) mass is 350 g/mol. The van der Waals surface area contributed by atoms with E-state index in [1.807, 2.05) is 73.4 Å². The number of hydrogen-bond acceptors (Lipinski definition) is 3. The minimum atomic E-state index is -0.0614. The Labute approximate surface area is 154 Å². The summed E-state index contributed by atoms with van der Waals surface area (Å²) in [5.74, 6) is -0.0614. The van der Waals surface area contributed by atoms with Gasteiger partial charge in [0.2, 0.25) is 0 Å². The highest BCUT2D eigenvalue weighted by Gasteiger charge is 2.20. The highest BCUT2D eigenvalue weighted by molar-refractivity contribution is 5.94. The van der Waals surface area contributed by atoms with Crippen molar-refractivity contribution in [1.82, 2.24) is 19.6 Å². The number of nitrogens with one attached hydrogen (secondary N) is 1. The van der Waals surface area contributed by atoms with Crippen LogP contribution in [0.3, 0.4) is 0 Å². The van der Waals surface area contributed by atoms with Crippen molar-refractivity contribution in [2.45, 2.75) is 13.8 Å². The van der Waals surface area contributed by atoms with Gasteiger partial charge in [0.15, 0.2) is 0 Å². The van der Waals surface area contributed by atoms with Crippen molar-refractivity contribution in [3.8, 4) is 11.3 Å². The summed E-state index contributed by atoms with van der Waals surface area (Å²) < 4.78 is 1.90. The lowest BCUT2D eigenvalue weighted by atomic mass is 9.93. The van der Waals surface area contributed by atoms with E-state index in [9.17, 15) is 4.79 Å². The van der Waals surface area contributed by atoms with Crippen LogP contribution in [0.2, 0.25) is 0 Å². The van der Waals surface area contributed by atoms with E-state index in [0.717, 1.165) is 23.4 Å². The fourth-order valence-corrected chi connectivity index (χ4v) is 3.21. The Bertz CT molecular complexity index is 897. The smallest absolute Gasteiger partial charge is 0.252 e. The van der Waals surface area contributed by atoms with Gasteiger partial charge in [-0.15, -0.1) is 0 Å². The molecule has 0 aliphatic heterocycles. The summed E-state index contributed by atoms with van der Waals surface area (Å²) in [5, 5.41) is 3.05. The summed E-state index contributed by atoms with van der Waals surface area (Å²) >= 11 is 0. The average Bonchev–Trinajstić information content (AvgIpc) is 3.02. The topological polar surface area (TPSA) is 49.6 Å². The third kappa shape index (κ3) is 4.29. The minimum absolute atomic E-state index is 0.0126. The Hall–Kier alpha value is -2.66. The number of pyridine rings is 1. The van der Waals surface area contributed by atoms with Gasteiger partial charge in [0.05, 0.1) is 11.3 Å². The molecule has 3 aromatic rings. The van der Waals surface area contributed by atoms with Crippen LogP contribution in [0.15, 0.2) is 54.9 Å². The number of benzene rings is 1. The first-order valence-electron chi connectivity index (χ1n) is 8.81. The van der Waals surface area contributed by atoms with E-state index < -0.39 is 0 Å². The molecule has 0 radical (unpaired) electrons. The molecular weight excluding hydrogens is 324 g/mol. The Kier molecular flexibility index (Phi) is 5.09. The van der Waals surface area contributed by atoms with E-state index in [-0.39, 0.29) is 11.3 Å². The minimum Gasteiger partial charge on any atom is -0.351 e. The molecule has 3 rings (SSSR count). The predicted octanol–water partition coefficient (Wildman–Crippen LogP) is 3.32. The van der Waals surface area contributed by atoms with Crippen molar-refractivity contribution in [3.05, 3.63) is 60.4 Å². The molecule has 0 atom stereocenters. The summed E-state index contributed by atoms with van der Waals surface area (Å²) in [6.45, 7) is 5.84. The molecule has 0 saturated heterocycles. The number of hydrogen-bond donors (Lipinski definition) is 1. The number of fused-ring (bicyclic) bond motifs is 1. The van der Waals surface area contributed by atoms with Gasteiger partial charge in [-0.2, -0.15) is 0 Å². The second-order valence-electron chi connectivity index (χ2n) is 7.76. The molecule has 1 amide bonds. The molecule has 5 heteroatoms. The van der Waals surface area contributed by atoms with Gasteiger partial charge in [-0.3, -0.25) is 4.79 Å². The Morgan fingerprint density at radius 3 is 2.54 bits per heavy atom. The lowest BCUT2D eigenvalue weighted by molar-refractivity contribution is 0.0929. The number of carbonyl (C=O) groups excluding carboxylic acids is 1. The zero-order chi connectivity index (χ0) is 18.7. The second kappa shape index (κ2) is 7.30. The molecule has 0 aliphatic carbocycles. The standard InChI is InChI=1S/C21H26N4O/c1-21(2,15-24(3)4)14-22-20(26)17-10-11-19-23-18(13-25(19)12-17)16-8-6-5-7-9-16/h5-13H,14-15H2,1-4H3,(H,22,26). The number of carbonyl (C=O) groups is 1. The maximum Gasteiger partial charge on any atom is 0.252 e. The maximum atomic E-state index is 12.5. The summed E-state index contributed by atoms with van der Waals surface area (Å²) in [7, 11) is 4.09. The number of nitrogens with zero attached hydrogens (tertiary/aromatic N) is 3. The zero-order valence-corrected chi connectivity index (χ0v) is 15.9. The SMILES string of the molecule is CN(C)CC(C)(C)CNC(=O)c1ccc2nc(-c3ccccc3)cn2c1. The van der Waals surface area contributed by atoms with E-state index in [0.29, 0.717) is 12.1 Å². The summed E-state index contributed by atoms with van der Waals surface area (Å²) in [6, 6.07) is 13.7. The van der Waals surface area contributed by atoms with Gasteiger partial charge < -0.3 is 14.6 Å². The first-order valence-corrected chi connectivity index (χ1v) is 8.81. The third-order valence-electron chi connectivity index (χ3n) is 4.25. The van der Waals surface area contributed by atoms with Crippen LogP contribution in [0.1, 0.15) is 24.2 Å². The molecule has 26 heavy (non-hydrogen) atoms. The van der Waals surface area contributed by atoms with E-state index >= 15 is 0 Å². The molecule has 0 fully saturated rings. The van der Waals surface area contributed by atoms with E-state index in [4.69, 9.17) is 0 Å². The summed E-state index contributed by atoms with van der Waals surface area (Å²) in [6.07, 6.45) is 3.79. The van der Waals surface area contributed by atoms with Crippen molar-refractivity contribution in [1.29, 1.82) is 0 Å². The van der Waals surface area contributed by atoms with E-state index in [1.165, 1.54) is 0 Å². The van der Waals surface area contributed by atoms with E-state index in [1.54, 1.807) is 0 Å². The predicted molar refractivity (Wildman–Crippen MR) is 105 cm³/mol. The molecule has 2 heterocycles. The summed E-state index contributed by atoms with van der Waals surface area (Å²) in [4.78, 5) is 19.3. The van der Waals surface area contributed by atoms with Crippen LogP contribution in [-0.4, -0.2) is 47.4 Å². The fourth-order valence-electron chi connectivity index (χ4n) is 3.21. The molecular formula is C21H26N4O. The highest BCUT2D eigenvalue weighted by Crippen LogP contribution is 2.19. The fraction of sp³-hybridized carbons (Fsp3) is 0.333. The normalized spacial score (nSPS) is 11.9. The molecule has 0 unspecified atom stereocenters. The van der Waals surface area contributed by atoms with Gasteiger partial charge in [-0.25, -0.2) is 4.98 Å². The molecule has 0 spiro atoms. The molecule has 0 aliphatic rings. The number of aromatic nitrogens is 2. The van der Waals surface area contributed by atoms with Crippen molar-refractivity contribution in [3.63, 3.8) is 0 Å². The number of amides is 1. The first kappa shape index (κ1) is 18.1. The molecule has 0 saturated carbocycles. The maximum absolute atomic E-state index is 12.5. The van der Waals surface area contributed by atoms with Gasteiger partial charge in [-0.1, -0.05) is 44.2 Å². The van der Waals surface area contributed by atoms with Crippen molar-refractivity contribution in [2.24, 2.45) is 5.41 Å². The largest absolute Gasteiger partial charge is 0.351 e. The van der Waals surface area contributed by atoms with Gasteiger partial charge in [0, 0.05) is 31.0 Å². The second-order valence-corrected chi connectivity index (χ2v) is 7.76. The van der Waals surface area contributed by atoms with Crippen molar-refractivity contribution in [2.75, 3.05) is 27.2 Å². The molecule has 5 nitrogen and oxygen atoms in total. The highest BCUT2D eigenvalue weighted by atomic mass is 16.1. The van der Waals surface area contributed by atoms with Crippen LogP contribution in [0, 0.1) is 5.41 Å². The molecule has 0 bridgehead atoms. The number of rotatable bonds is 6. The third-order valence-corrected chi connectivity index (χ3v) is 4.25. The van der Waals surface area contributed by atoms with Gasteiger partial charge >= 0.3 is 0 Å². The Morgan fingerprint density at radius 1 is 1.12 bits per heavy atom. The average molecular weight is 350 g/mol. The zero-order valence-electron chi connectivity index (χ0n) is 15.9. The van der Waals surface area contributed by atoms with Crippen LogP contribution in [0.4, 0.5) is 0 Å². The van der Waals surface area contributed by atoms with Crippen LogP contribution >= 0.6 is 0 Å². The van der Waals surface area contributed by atoms with Gasteiger partial charge in [0.1, 0.15) is 5.65 Å².